The van der Waals surface area contributed by atoms with Gasteiger partial charge in [0.25, 0.3) is 0 Å². The Bertz CT molecular complexity index is 390. The number of nitrogens with one attached hydrogen (secondary N) is 1. The van der Waals surface area contributed by atoms with Crippen molar-refractivity contribution in [1.29, 1.82) is 0 Å². The maximum absolute atomic E-state index is 5.71. The van der Waals surface area contributed by atoms with Crippen LogP contribution in [0, 0.1) is 0 Å². The number of hydrogen-bond acceptors (Lipinski definition) is 3. The summed E-state index contributed by atoms with van der Waals surface area (Å²) in [6.07, 6.45) is 0. The molecule has 1 heterocycles. The lowest BCUT2D eigenvalue weighted by molar-refractivity contribution is -0.0147. The van der Waals surface area contributed by atoms with Crippen LogP contribution in [-0.4, -0.2) is 25.4 Å². The lowest BCUT2D eigenvalue weighted by Crippen LogP contribution is -2.41. The molecule has 0 saturated heterocycles. The SMILES string of the molecule is CCOC(C)(C)CNC1COCc2ccccc21. The van der Waals surface area contributed by atoms with E-state index in [1.54, 1.807) is 0 Å². The Labute approximate surface area is 109 Å². The standard InChI is InChI=1S/C15H23NO2/c1-4-18-15(2,3)11-16-14-10-17-9-12-7-5-6-8-13(12)14/h5-8,14,16H,4,9-11H2,1-3H3. The van der Waals surface area contributed by atoms with Gasteiger partial charge in [0.1, 0.15) is 0 Å². The maximum atomic E-state index is 5.71. The van der Waals surface area contributed by atoms with Crippen molar-refractivity contribution >= 4 is 0 Å². The number of benzene rings is 1. The van der Waals surface area contributed by atoms with Gasteiger partial charge in [0.15, 0.2) is 0 Å². The third-order valence-corrected chi connectivity index (χ3v) is 3.28. The van der Waals surface area contributed by atoms with Crippen LogP contribution in [-0.2, 0) is 16.1 Å². The van der Waals surface area contributed by atoms with Gasteiger partial charge in [0, 0.05) is 13.2 Å². The lowest BCUT2D eigenvalue weighted by atomic mass is 9.98. The monoisotopic (exact) mass is 249 g/mol. The molecule has 0 saturated carbocycles. The fourth-order valence-corrected chi connectivity index (χ4v) is 2.36. The van der Waals surface area contributed by atoms with Gasteiger partial charge in [0.05, 0.1) is 24.9 Å². The highest BCUT2D eigenvalue weighted by atomic mass is 16.5. The first kappa shape index (κ1) is 13.5. The Morgan fingerprint density at radius 1 is 1.39 bits per heavy atom. The molecule has 1 unspecified atom stereocenters. The van der Waals surface area contributed by atoms with E-state index in [9.17, 15) is 0 Å². The van der Waals surface area contributed by atoms with E-state index in [0.29, 0.717) is 0 Å². The van der Waals surface area contributed by atoms with Gasteiger partial charge in [-0.15, -0.1) is 0 Å². The van der Waals surface area contributed by atoms with E-state index in [0.717, 1.165) is 26.4 Å². The number of rotatable bonds is 5. The minimum Gasteiger partial charge on any atom is -0.375 e. The molecule has 1 atom stereocenters. The van der Waals surface area contributed by atoms with Crippen LogP contribution in [0.15, 0.2) is 24.3 Å². The first-order valence-corrected chi connectivity index (χ1v) is 6.65. The first-order valence-electron chi connectivity index (χ1n) is 6.65. The van der Waals surface area contributed by atoms with Crippen molar-refractivity contribution in [1.82, 2.24) is 5.32 Å². The van der Waals surface area contributed by atoms with E-state index in [1.165, 1.54) is 11.1 Å². The molecular formula is C15H23NO2. The van der Waals surface area contributed by atoms with Crippen LogP contribution in [0.2, 0.25) is 0 Å². The summed E-state index contributed by atoms with van der Waals surface area (Å²) in [6, 6.07) is 8.75. The molecule has 0 aliphatic carbocycles. The smallest absolute Gasteiger partial charge is 0.0750 e. The van der Waals surface area contributed by atoms with Crippen LogP contribution in [0.25, 0.3) is 0 Å². The highest BCUT2D eigenvalue weighted by Crippen LogP contribution is 2.24. The van der Waals surface area contributed by atoms with Crippen molar-refractivity contribution in [2.24, 2.45) is 0 Å². The molecule has 2 rings (SSSR count). The van der Waals surface area contributed by atoms with Gasteiger partial charge in [0.2, 0.25) is 0 Å². The number of hydrogen-bond donors (Lipinski definition) is 1. The lowest BCUT2D eigenvalue weighted by Gasteiger charge is -2.31. The number of ether oxygens (including phenoxy) is 2. The summed E-state index contributed by atoms with van der Waals surface area (Å²) in [5, 5.41) is 3.55. The summed E-state index contributed by atoms with van der Waals surface area (Å²) >= 11 is 0. The molecule has 1 N–H and O–H groups in total. The van der Waals surface area contributed by atoms with Gasteiger partial charge in [-0.2, -0.15) is 0 Å². The summed E-state index contributed by atoms with van der Waals surface area (Å²) in [5.74, 6) is 0. The fourth-order valence-electron chi connectivity index (χ4n) is 2.36. The second-order valence-electron chi connectivity index (χ2n) is 5.34. The summed E-state index contributed by atoms with van der Waals surface area (Å²) in [6.45, 7) is 9.27. The Balaban J connectivity index is 1.99. The largest absolute Gasteiger partial charge is 0.375 e. The van der Waals surface area contributed by atoms with E-state index in [1.807, 2.05) is 6.92 Å². The zero-order valence-corrected chi connectivity index (χ0v) is 11.5. The Hall–Kier alpha value is -0.900. The molecule has 100 valence electrons. The van der Waals surface area contributed by atoms with Crippen LogP contribution in [0.4, 0.5) is 0 Å². The average molecular weight is 249 g/mol. The highest BCUT2D eigenvalue weighted by Gasteiger charge is 2.24. The van der Waals surface area contributed by atoms with Gasteiger partial charge >= 0.3 is 0 Å². The second kappa shape index (κ2) is 5.83. The third kappa shape index (κ3) is 3.31. The minimum atomic E-state index is -0.138. The normalized spacial score (nSPS) is 19.6. The predicted molar refractivity (Wildman–Crippen MR) is 72.5 cm³/mol. The fraction of sp³-hybridized carbons (Fsp3) is 0.600. The van der Waals surface area contributed by atoms with Crippen LogP contribution in [0.1, 0.15) is 37.9 Å². The van der Waals surface area contributed by atoms with Crippen LogP contribution in [0.5, 0.6) is 0 Å². The molecule has 0 fully saturated rings. The Morgan fingerprint density at radius 2 is 2.17 bits per heavy atom. The molecule has 1 aromatic carbocycles. The summed E-state index contributed by atoms with van der Waals surface area (Å²) in [5.41, 5.74) is 2.51. The predicted octanol–water partition coefficient (Wildman–Crippen LogP) is 2.66. The van der Waals surface area contributed by atoms with Gasteiger partial charge in [-0.1, -0.05) is 24.3 Å². The van der Waals surface area contributed by atoms with Crippen molar-refractivity contribution in [2.75, 3.05) is 19.8 Å². The molecule has 3 nitrogen and oxygen atoms in total. The minimum absolute atomic E-state index is 0.138. The Morgan fingerprint density at radius 3 is 2.94 bits per heavy atom. The van der Waals surface area contributed by atoms with Gasteiger partial charge in [-0.25, -0.2) is 0 Å². The topological polar surface area (TPSA) is 30.5 Å². The molecule has 1 aliphatic heterocycles. The zero-order chi connectivity index (χ0) is 13.0. The zero-order valence-electron chi connectivity index (χ0n) is 11.5. The van der Waals surface area contributed by atoms with E-state index >= 15 is 0 Å². The molecule has 1 aromatic rings. The molecule has 0 aromatic heterocycles. The average Bonchev–Trinajstić information content (AvgIpc) is 2.36. The first-order chi connectivity index (χ1) is 8.62. The molecule has 0 bridgehead atoms. The molecule has 1 aliphatic rings. The van der Waals surface area contributed by atoms with E-state index < -0.39 is 0 Å². The van der Waals surface area contributed by atoms with Crippen LogP contribution in [0.3, 0.4) is 0 Å². The molecule has 0 amide bonds. The summed E-state index contributed by atoms with van der Waals surface area (Å²) in [7, 11) is 0. The molecule has 0 spiro atoms. The van der Waals surface area contributed by atoms with E-state index in [-0.39, 0.29) is 11.6 Å². The third-order valence-electron chi connectivity index (χ3n) is 3.28. The molecular weight excluding hydrogens is 226 g/mol. The molecule has 18 heavy (non-hydrogen) atoms. The maximum Gasteiger partial charge on any atom is 0.0750 e. The van der Waals surface area contributed by atoms with E-state index in [4.69, 9.17) is 9.47 Å². The van der Waals surface area contributed by atoms with Crippen LogP contribution >= 0.6 is 0 Å². The van der Waals surface area contributed by atoms with Crippen molar-refractivity contribution in [3.05, 3.63) is 35.4 Å². The Kier molecular flexibility index (Phi) is 4.38. The quantitative estimate of drug-likeness (QED) is 0.870. The van der Waals surface area contributed by atoms with E-state index in [2.05, 4.69) is 43.4 Å². The molecule has 0 radical (unpaired) electrons. The summed E-state index contributed by atoms with van der Waals surface area (Å²) in [4.78, 5) is 0. The van der Waals surface area contributed by atoms with Gasteiger partial charge in [-0.3, -0.25) is 0 Å². The van der Waals surface area contributed by atoms with Gasteiger partial charge < -0.3 is 14.8 Å². The van der Waals surface area contributed by atoms with Crippen molar-refractivity contribution in [2.45, 2.75) is 39.0 Å². The summed E-state index contributed by atoms with van der Waals surface area (Å²) < 4.78 is 11.3. The van der Waals surface area contributed by atoms with Crippen molar-refractivity contribution in [3.8, 4) is 0 Å². The van der Waals surface area contributed by atoms with Crippen molar-refractivity contribution < 1.29 is 9.47 Å². The molecule has 3 heteroatoms. The van der Waals surface area contributed by atoms with Crippen LogP contribution < -0.4 is 5.32 Å². The van der Waals surface area contributed by atoms with Gasteiger partial charge in [-0.05, 0) is 31.9 Å². The highest BCUT2D eigenvalue weighted by molar-refractivity contribution is 5.31. The van der Waals surface area contributed by atoms with Crippen molar-refractivity contribution in [3.63, 3.8) is 0 Å². The number of fused-ring (bicyclic) bond motifs is 1. The second-order valence-corrected chi connectivity index (χ2v) is 5.34.